The molecule has 0 aliphatic carbocycles. The molecule has 5 rings (SSSR count). The van der Waals surface area contributed by atoms with Gasteiger partial charge in [-0.3, -0.25) is 0 Å². The molecule has 0 amide bonds. The molecule has 226 valence electrons. The highest BCUT2D eigenvalue weighted by Crippen LogP contribution is 2.29. The SMILES string of the molecule is COC1OC(O)[C@@H](O)[C@@H](O)[C@@H]1O.OC1OC2COCO[C@H]2[C@H](O)[C@@H]1O.OCC1OC(O)[C@@H](O)[C@H]2OOO[C@H]12.[2H-]. The maximum Gasteiger partial charge on any atom is 0.188 e. The van der Waals surface area contributed by atoms with Gasteiger partial charge >= 0.3 is 0 Å². The van der Waals surface area contributed by atoms with Gasteiger partial charge in [0.05, 0.1) is 13.2 Å². The van der Waals surface area contributed by atoms with E-state index in [0.29, 0.717) is 0 Å². The molecule has 0 bridgehead atoms. The van der Waals surface area contributed by atoms with Crippen LogP contribution in [0.5, 0.6) is 0 Å². The average Bonchev–Trinajstić information content (AvgIpc) is 3.41. The van der Waals surface area contributed by atoms with Gasteiger partial charge in [-0.25, -0.2) is 0 Å². The molecule has 6 unspecified atom stereocenters. The standard InChI is InChI=1S/C7H12O6.C6H10O7.C6H12O6.H/c8-4-5(9)7(10)13-3-1-11-2-12-6(3)4;7-1-2-4-5(12-13-11-4)3(8)6(9)10-2;1-11-6-4(9)2(7)3(8)5(10)12-6;/h3-10H,1-2H2;2-9H,1H2;2-10H,1H3;/q;;;-1/t3?,4-,5+,6-,7?;2?,3-,4+,5+,6?;2-,3+,4+,5?,6?;/m101./s1/i;;;1+1. The molecule has 5 fully saturated rings. The first-order chi connectivity index (χ1) is 18.0. The smallest absolute Gasteiger partial charge is 0.188 e. The third-order valence-electron chi connectivity index (χ3n) is 6.18. The van der Waals surface area contributed by atoms with Crippen LogP contribution < -0.4 is 0 Å². The number of aliphatic hydroxyl groups excluding tert-OH is 10. The Morgan fingerprint density at radius 3 is 1.95 bits per heavy atom. The van der Waals surface area contributed by atoms with Crippen LogP contribution in [-0.2, 0) is 43.2 Å². The van der Waals surface area contributed by atoms with Gasteiger partial charge in [-0.2, -0.15) is 9.78 Å². The summed E-state index contributed by atoms with van der Waals surface area (Å²) in [4.78, 5) is 9.15. The van der Waals surface area contributed by atoms with Crippen LogP contribution in [0.2, 0.25) is 0 Å². The van der Waals surface area contributed by atoms with E-state index in [4.69, 9.17) is 54.7 Å². The van der Waals surface area contributed by atoms with Crippen LogP contribution in [0.1, 0.15) is 1.43 Å². The minimum absolute atomic E-state index is 0. The van der Waals surface area contributed by atoms with E-state index in [0.717, 1.165) is 0 Å². The molecule has 5 aliphatic heterocycles. The van der Waals surface area contributed by atoms with Crippen molar-refractivity contribution < 1.29 is 95.7 Å². The van der Waals surface area contributed by atoms with Gasteiger partial charge in [0.1, 0.15) is 61.7 Å². The van der Waals surface area contributed by atoms with Gasteiger partial charge in [0, 0.05) is 7.11 Å². The van der Waals surface area contributed by atoms with Crippen LogP contribution in [0.15, 0.2) is 0 Å². The predicted octanol–water partition coefficient (Wildman–Crippen LogP) is -7.01. The van der Waals surface area contributed by atoms with Crippen LogP contribution >= 0.6 is 0 Å². The molecule has 0 saturated carbocycles. The lowest BCUT2D eigenvalue weighted by molar-refractivity contribution is -0.468. The fraction of sp³-hybridized carbons (Fsp3) is 1.00. The molecule has 0 aromatic carbocycles. The highest BCUT2D eigenvalue weighted by Gasteiger charge is 2.51. The maximum absolute atomic E-state index is 9.47. The highest BCUT2D eigenvalue weighted by atomic mass is 17.5. The summed E-state index contributed by atoms with van der Waals surface area (Å²) in [6.45, 7) is -0.0203. The zero-order valence-electron chi connectivity index (χ0n) is 20.9. The van der Waals surface area contributed by atoms with E-state index in [2.05, 4.69) is 24.3 Å². The quantitative estimate of drug-likeness (QED) is 0.138. The third kappa shape index (κ3) is 7.11. The Morgan fingerprint density at radius 1 is 0.684 bits per heavy atom. The normalized spacial score (nSPS) is 50.4. The lowest BCUT2D eigenvalue weighted by Crippen LogP contribution is -2.61. The minimum atomic E-state index is -1.53. The topological polar surface area (TPSA) is 285 Å². The Kier molecular flexibility index (Phi) is 11.9. The predicted molar refractivity (Wildman–Crippen MR) is 110 cm³/mol. The van der Waals surface area contributed by atoms with E-state index in [1.54, 1.807) is 0 Å². The summed E-state index contributed by atoms with van der Waals surface area (Å²) in [6.07, 6.45) is -16.9. The minimum Gasteiger partial charge on any atom is -1.00 e. The van der Waals surface area contributed by atoms with Crippen molar-refractivity contribution in [2.24, 2.45) is 0 Å². The van der Waals surface area contributed by atoms with Gasteiger partial charge in [0.15, 0.2) is 37.4 Å². The van der Waals surface area contributed by atoms with E-state index in [1.165, 1.54) is 7.11 Å². The Bertz CT molecular complexity index is 697. The van der Waals surface area contributed by atoms with Crippen molar-refractivity contribution in [2.45, 2.75) is 92.3 Å². The number of hydrogen-bond donors (Lipinski definition) is 10. The summed E-state index contributed by atoms with van der Waals surface area (Å²) in [5.41, 5.74) is 0. The zero-order valence-corrected chi connectivity index (χ0v) is 19.9. The van der Waals surface area contributed by atoms with E-state index < -0.39 is 92.3 Å². The zero-order chi connectivity index (χ0) is 28.1. The maximum atomic E-state index is 9.47. The Hall–Kier alpha value is -0.760. The van der Waals surface area contributed by atoms with Gasteiger partial charge in [-0.1, -0.05) is 5.04 Å². The van der Waals surface area contributed by atoms with E-state index >= 15 is 0 Å². The van der Waals surface area contributed by atoms with E-state index in [1.807, 2.05) is 0 Å². The number of fused-ring (bicyclic) bond motifs is 2. The van der Waals surface area contributed by atoms with Crippen LogP contribution in [0.3, 0.4) is 0 Å². The van der Waals surface area contributed by atoms with E-state index in [9.17, 15) is 15.3 Å². The fourth-order valence-electron chi connectivity index (χ4n) is 3.97. The van der Waals surface area contributed by atoms with Crippen molar-refractivity contribution in [3.8, 4) is 0 Å². The molecule has 38 heavy (non-hydrogen) atoms. The van der Waals surface area contributed by atoms with Crippen LogP contribution in [-0.4, -0.2) is 170 Å². The fourth-order valence-corrected chi connectivity index (χ4v) is 3.97. The molecule has 15 atom stereocenters. The summed E-state index contributed by atoms with van der Waals surface area (Å²) in [7, 11) is 1.25. The van der Waals surface area contributed by atoms with Crippen molar-refractivity contribution in [3.05, 3.63) is 0 Å². The van der Waals surface area contributed by atoms with E-state index in [-0.39, 0.29) is 21.4 Å². The number of aliphatic hydroxyl groups is 10. The summed E-state index contributed by atoms with van der Waals surface area (Å²) in [6, 6.07) is 0. The van der Waals surface area contributed by atoms with Crippen LogP contribution in [0.25, 0.3) is 0 Å². The first-order valence-corrected chi connectivity index (χ1v) is 11.4. The van der Waals surface area contributed by atoms with Crippen molar-refractivity contribution in [3.63, 3.8) is 0 Å². The molecule has 0 radical (unpaired) electrons. The van der Waals surface area contributed by atoms with Crippen molar-refractivity contribution >= 4 is 0 Å². The molecule has 5 heterocycles. The Labute approximate surface area is 216 Å². The average molecular weight is 568 g/mol. The summed E-state index contributed by atoms with van der Waals surface area (Å²) in [5, 5.41) is 95.5. The lowest BCUT2D eigenvalue weighted by Gasteiger charge is -2.42. The lowest BCUT2D eigenvalue weighted by atomic mass is 9.99. The van der Waals surface area contributed by atoms with Gasteiger partial charge in [0.25, 0.3) is 0 Å². The third-order valence-corrected chi connectivity index (χ3v) is 6.18. The monoisotopic (exact) mass is 568 g/mol. The van der Waals surface area contributed by atoms with Gasteiger partial charge < -0.3 is 80.9 Å². The summed E-state index contributed by atoms with van der Waals surface area (Å²) in [5.74, 6) is 0. The van der Waals surface area contributed by atoms with Crippen molar-refractivity contribution in [2.75, 3.05) is 27.1 Å². The molecule has 10 N–H and O–H groups in total. The molecule has 5 aliphatic rings. The first-order valence-electron chi connectivity index (χ1n) is 11.4. The van der Waals surface area contributed by atoms with Crippen molar-refractivity contribution in [1.29, 1.82) is 0 Å². The van der Waals surface area contributed by atoms with Crippen LogP contribution in [0.4, 0.5) is 0 Å². The second-order valence-corrected chi connectivity index (χ2v) is 8.70. The molecule has 0 aromatic heterocycles. The second-order valence-electron chi connectivity index (χ2n) is 8.70. The Morgan fingerprint density at radius 2 is 1.29 bits per heavy atom. The number of methoxy groups -OCH3 is 1. The van der Waals surface area contributed by atoms with Gasteiger partial charge in [-0.15, -0.1) is 0 Å². The molecule has 5 saturated heterocycles. The molecule has 0 spiro atoms. The van der Waals surface area contributed by atoms with Gasteiger partial charge in [-0.05, 0) is 0 Å². The largest absolute Gasteiger partial charge is 1.00 e. The molecular weight excluding hydrogens is 532 g/mol. The Balaban J connectivity index is 0.000000203. The van der Waals surface area contributed by atoms with Crippen LogP contribution in [0, 0.1) is 0 Å². The second kappa shape index (κ2) is 14.2. The first kappa shape index (κ1) is 31.8. The molecular formula is C19H35O19-. The number of hydrogen-bond acceptors (Lipinski definition) is 19. The summed E-state index contributed by atoms with van der Waals surface area (Å²) >= 11 is 0. The summed E-state index contributed by atoms with van der Waals surface area (Å²) < 4.78 is 29.0. The number of ether oxygens (including phenoxy) is 6. The number of rotatable bonds is 2. The molecule has 19 nitrogen and oxygen atoms in total. The molecule has 19 heteroatoms. The molecule has 0 aromatic rings. The highest BCUT2D eigenvalue weighted by molar-refractivity contribution is 4.91. The van der Waals surface area contributed by atoms with Gasteiger partial charge in [0.2, 0.25) is 0 Å². The van der Waals surface area contributed by atoms with Crippen molar-refractivity contribution in [1.82, 2.24) is 0 Å².